The van der Waals surface area contributed by atoms with Gasteiger partial charge in [-0.05, 0) is 108 Å². The van der Waals surface area contributed by atoms with Crippen molar-refractivity contribution >= 4 is 27.8 Å². The second-order valence-corrected chi connectivity index (χ2v) is 15.8. The Morgan fingerprint density at radius 3 is 1.66 bits per heavy atom. The van der Waals surface area contributed by atoms with Crippen LogP contribution in [0.1, 0.15) is 49.9 Å². The van der Waals surface area contributed by atoms with E-state index in [4.69, 9.17) is 0 Å². The Balaban J connectivity index is 1.24. The molecule has 0 radical (unpaired) electrons. The number of nitrogens with zero attached hydrogens (tertiary/aromatic N) is 1. The molecule has 1 heteroatoms. The van der Waals surface area contributed by atoms with Crippen LogP contribution in [0.3, 0.4) is 0 Å². The molecule has 0 aromatic heterocycles. The predicted molar refractivity (Wildman–Crippen MR) is 225 cm³/mol. The Morgan fingerprint density at radius 1 is 0.358 bits per heavy atom. The van der Waals surface area contributed by atoms with Crippen molar-refractivity contribution in [3.63, 3.8) is 0 Å². The van der Waals surface area contributed by atoms with Crippen LogP contribution in [0.25, 0.3) is 55.3 Å². The fourth-order valence-electron chi connectivity index (χ4n) is 9.27. The molecule has 2 aliphatic rings. The molecular weight excluding hydrogens is 639 g/mol. The van der Waals surface area contributed by atoms with Crippen molar-refractivity contribution in [3.05, 3.63) is 198 Å². The lowest BCUT2D eigenvalue weighted by molar-refractivity contribution is 0.645. The smallest absolute Gasteiger partial charge is 0.0546 e. The molecule has 1 nitrogen and oxygen atoms in total. The van der Waals surface area contributed by atoms with Crippen molar-refractivity contribution in [2.45, 2.75) is 38.5 Å². The normalized spacial score (nSPS) is 14.3. The zero-order valence-electron chi connectivity index (χ0n) is 30.7. The van der Waals surface area contributed by atoms with Gasteiger partial charge in [-0.2, -0.15) is 0 Å². The van der Waals surface area contributed by atoms with E-state index in [-0.39, 0.29) is 10.8 Å². The SMILES string of the molecule is CC1(C)c2ccccc2-c2ccc(N(c3ccc(-c4ccccc4)cc3)c3ccc4cccc5c4c3-c3ccc(-c4ccccc4)cc3C5(C)C)cc21. The van der Waals surface area contributed by atoms with Crippen molar-refractivity contribution in [3.8, 4) is 44.5 Å². The summed E-state index contributed by atoms with van der Waals surface area (Å²) >= 11 is 0. The minimum absolute atomic E-state index is 0.111. The number of benzene rings is 8. The van der Waals surface area contributed by atoms with E-state index in [9.17, 15) is 0 Å². The quantitative estimate of drug-likeness (QED) is 0.175. The Hall–Kier alpha value is -6.18. The Kier molecular flexibility index (Phi) is 6.94. The van der Waals surface area contributed by atoms with Crippen LogP contribution in [0.15, 0.2) is 176 Å². The monoisotopic (exact) mass is 679 g/mol. The molecule has 8 aromatic carbocycles. The van der Waals surface area contributed by atoms with Crippen molar-refractivity contribution in [1.82, 2.24) is 0 Å². The molecule has 0 amide bonds. The van der Waals surface area contributed by atoms with Gasteiger partial charge in [0, 0.05) is 27.8 Å². The second-order valence-electron chi connectivity index (χ2n) is 15.8. The molecule has 0 saturated heterocycles. The maximum atomic E-state index is 2.51. The summed E-state index contributed by atoms with van der Waals surface area (Å²) in [5, 5.41) is 2.62. The van der Waals surface area contributed by atoms with Crippen LogP contribution in [0.2, 0.25) is 0 Å². The third-order valence-electron chi connectivity index (χ3n) is 12.1. The lowest BCUT2D eigenvalue weighted by Crippen LogP contribution is -2.25. The van der Waals surface area contributed by atoms with Gasteiger partial charge in [-0.3, -0.25) is 0 Å². The topological polar surface area (TPSA) is 3.24 Å². The van der Waals surface area contributed by atoms with Crippen molar-refractivity contribution in [2.75, 3.05) is 4.90 Å². The molecule has 0 fully saturated rings. The molecule has 2 aliphatic carbocycles. The van der Waals surface area contributed by atoms with Gasteiger partial charge in [-0.25, -0.2) is 0 Å². The minimum atomic E-state index is -0.184. The fourth-order valence-corrected chi connectivity index (χ4v) is 9.27. The Labute approximate surface area is 312 Å². The summed E-state index contributed by atoms with van der Waals surface area (Å²) < 4.78 is 0. The van der Waals surface area contributed by atoms with E-state index in [1.165, 1.54) is 83.2 Å². The summed E-state index contributed by atoms with van der Waals surface area (Å²) in [4.78, 5) is 2.51. The van der Waals surface area contributed by atoms with Crippen LogP contribution in [-0.2, 0) is 10.8 Å². The average Bonchev–Trinajstić information content (AvgIpc) is 3.43. The summed E-state index contributed by atoms with van der Waals surface area (Å²) in [7, 11) is 0. The van der Waals surface area contributed by atoms with Gasteiger partial charge >= 0.3 is 0 Å². The Morgan fingerprint density at radius 2 is 0.906 bits per heavy atom. The number of hydrogen-bond acceptors (Lipinski definition) is 1. The largest absolute Gasteiger partial charge is 0.310 e. The van der Waals surface area contributed by atoms with Gasteiger partial charge < -0.3 is 4.90 Å². The van der Waals surface area contributed by atoms with Crippen LogP contribution in [-0.4, -0.2) is 0 Å². The summed E-state index contributed by atoms with van der Waals surface area (Å²) in [6.07, 6.45) is 0. The Bertz CT molecular complexity index is 2700. The molecule has 0 aliphatic heterocycles. The zero-order chi connectivity index (χ0) is 35.9. The molecule has 0 bridgehead atoms. The second kappa shape index (κ2) is 11.7. The number of rotatable bonds is 5. The summed E-state index contributed by atoms with van der Waals surface area (Å²) in [6, 6.07) is 65.3. The maximum absolute atomic E-state index is 2.51. The number of anilines is 3. The number of hydrogen-bond donors (Lipinski definition) is 0. The standard InChI is InChI=1S/C52H41N/c1-51(2)44-20-12-11-19-41(44)42-30-28-40(33-47(42)51)53(39-26-22-36(23-27-39)34-14-7-5-8-15-34)48-31-25-37-18-13-21-45-49(37)50(48)43-29-24-38(32-46(43)52(45,3)4)35-16-9-6-10-17-35/h5-33H,1-4H3. The van der Waals surface area contributed by atoms with Crippen LogP contribution in [0.5, 0.6) is 0 Å². The minimum Gasteiger partial charge on any atom is -0.310 e. The van der Waals surface area contributed by atoms with Crippen LogP contribution < -0.4 is 4.90 Å². The van der Waals surface area contributed by atoms with Gasteiger partial charge in [0.25, 0.3) is 0 Å². The molecule has 0 heterocycles. The van der Waals surface area contributed by atoms with E-state index in [0.29, 0.717) is 0 Å². The van der Waals surface area contributed by atoms with E-state index < -0.39 is 0 Å². The van der Waals surface area contributed by atoms with E-state index >= 15 is 0 Å². The van der Waals surface area contributed by atoms with Crippen LogP contribution in [0, 0.1) is 0 Å². The maximum Gasteiger partial charge on any atom is 0.0546 e. The molecule has 0 N–H and O–H groups in total. The van der Waals surface area contributed by atoms with Gasteiger partial charge in [0.1, 0.15) is 0 Å². The third-order valence-corrected chi connectivity index (χ3v) is 12.1. The van der Waals surface area contributed by atoms with Crippen LogP contribution >= 0.6 is 0 Å². The predicted octanol–water partition coefficient (Wildman–Crippen LogP) is 14.3. The molecular formula is C52H41N. The van der Waals surface area contributed by atoms with E-state index in [1.807, 2.05) is 0 Å². The van der Waals surface area contributed by atoms with Gasteiger partial charge in [-0.15, -0.1) is 0 Å². The van der Waals surface area contributed by atoms with E-state index in [2.05, 4.69) is 209 Å². The third kappa shape index (κ3) is 4.77. The van der Waals surface area contributed by atoms with Crippen molar-refractivity contribution in [2.24, 2.45) is 0 Å². The molecule has 0 unspecified atom stereocenters. The molecule has 10 rings (SSSR count). The molecule has 254 valence electrons. The first-order chi connectivity index (χ1) is 25.8. The summed E-state index contributed by atoms with van der Waals surface area (Å²) in [5.41, 5.74) is 18.9. The van der Waals surface area contributed by atoms with Crippen molar-refractivity contribution < 1.29 is 0 Å². The first-order valence-corrected chi connectivity index (χ1v) is 18.8. The molecule has 0 atom stereocenters. The summed E-state index contributed by atoms with van der Waals surface area (Å²) in [5.74, 6) is 0. The van der Waals surface area contributed by atoms with Crippen molar-refractivity contribution in [1.29, 1.82) is 0 Å². The zero-order valence-corrected chi connectivity index (χ0v) is 30.7. The van der Waals surface area contributed by atoms with Gasteiger partial charge in [0.15, 0.2) is 0 Å². The summed E-state index contributed by atoms with van der Waals surface area (Å²) in [6.45, 7) is 9.53. The highest BCUT2D eigenvalue weighted by atomic mass is 15.1. The lowest BCUT2D eigenvalue weighted by atomic mass is 9.67. The average molecular weight is 680 g/mol. The first kappa shape index (κ1) is 31.5. The molecule has 0 saturated carbocycles. The van der Waals surface area contributed by atoms with Gasteiger partial charge in [0.05, 0.1) is 5.69 Å². The van der Waals surface area contributed by atoms with E-state index in [1.54, 1.807) is 0 Å². The highest BCUT2D eigenvalue weighted by Crippen LogP contribution is 2.56. The highest BCUT2D eigenvalue weighted by molar-refractivity contribution is 6.10. The lowest BCUT2D eigenvalue weighted by Gasteiger charge is -2.38. The van der Waals surface area contributed by atoms with Crippen LogP contribution in [0.4, 0.5) is 17.1 Å². The molecule has 8 aromatic rings. The molecule has 53 heavy (non-hydrogen) atoms. The number of fused-ring (bicyclic) bond motifs is 5. The molecule has 0 spiro atoms. The fraction of sp³-hybridized carbons (Fsp3) is 0.115. The van der Waals surface area contributed by atoms with E-state index in [0.717, 1.165) is 11.4 Å². The van der Waals surface area contributed by atoms with Gasteiger partial charge in [-0.1, -0.05) is 167 Å². The first-order valence-electron chi connectivity index (χ1n) is 18.8. The van der Waals surface area contributed by atoms with Gasteiger partial charge in [0.2, 0.25) is 0 Å². The highest BCUT2D eigenvalue weighted by Gasteiger charge is 2.38.